The first-order chi connectivity index (χ1) is 8.29. The van der Waals surface area contributed by atoms with E-state index in [0.29, 0.717) is 0 Å². The maximum absolute atomic E-state index is 9.54. The second kappa shape index (κ2) is 2.75. The molecule has 1 N–H and O–H groups in total. The Morgan fingerprint density at radius 1 is 1.12 bits per heavy atom. The van der Waals surface area contributed by atoms with E-state index >= 15 is 0 Å². The molecule has 0 radical (unpaired) electrons. The largest absolute Gasteiger partial charge is 0.481 e. The van der Waals surface area contributed by atoms with Gasteiger partial charge in [0.05, 0.1) is 0 Å². The van der Waals surface area contributed by atoms with Crippen molar-refractivity contribution in [2.24, 2.45) is 0 Å². The molecule has 5 aliphatic rings. The summed E-state index contributed by atoms with van der Waals surface area (Å²) in [4.78, 5) is 10.5. The molecule has 5 nitrogen and oxygen atoms in total. The third kappa shape index (κ3) is 0.969. The third-order valence-electron chi connectivity index (χ3n) is 3.13. The van der Waals surface area contributed by atoms with E-state index in [1.807, 2.05) is 24.3 Å². The van der Waals surface area contributed by atoms with Gasteiger partial charge in [0, 0.05) is 23.3 Å². The van der Waals surface area contributed by atoms with Crippen LogP contribution < -0.4 is 0 Å². The molecule has 0 aromatic carbocycles. The van der Waals surface area contributed by atoms with Gasteiger partial charge in [-0.3, -0.25) is 4.89 Å². The number of rotatable bonds is 0. The van der Waals surface area contributed by atoms with Gasteiger partial charge in [-0.1, -0.05) is 18.2 Å². The van der Waals surface area contributed by atoms with Crippen molar-refractivity contribution in [3.05, 3.63) is 59.5 Å². The Hall–Kier alpha value is -2.14. The molecule has 1 fully saturated rings. The maximum atomic E-state index is 9.54. The Bertz CT molecular complexity index is 551. The standard InChI is InChI=1S/C12H8O5/c13-9-6-8-3-1-2-7-4-5-10-15-11(14-9)12(7,8)17-16-10/h1-6,11,13H. The fourth-order valence-corrected chi connectivity index (χ4v) is 2.34. The second-order valence-corrected chi connectivity index (χ2v) is 4.04. The highest BCUT2D eigenvalue weighted by Crippen LogP contribution is 2.48. The second-order valence-electron chi connectivity index (χ2n) is 4.04. The highest BCUT2D eigenvalue weighted by molar-refractivity contribution is 5.54. The minimum Gasteiger partial charge on any atom is -0.481 e. The highest BCUT2D eigenvalue weighted by Gasteiger charge is 2.58. The van der Waals surface area contributed by atoms with Gasteiger partial charge in [-0.2, -0.15) is 4.89 Å². The van der Waals surface area contributed by atoms with E-state index in [1.165, 1.54) is 6.08 Å². The van der Waals surface area contributed by atoms with Crippen molar-refractivity contribution in [2.75, 3.05) is 0 Å². The quantitative estimate of drug-likeness (QED) is 0.644. The molecule has 1 aliphatic carbocycles. The molecular weight excluding hydrogens is 224 g/mol. The monoisotopic (exact) mass is 232 g/mol. The Balaban J connectivity index is 2.00. The third-order valence-corrected chi connectivity index (χ3v) is 3.13. The average molecular weight is 232 g/mol. The van der Waals surface area contributed by atoms with Crippen LogP contribution in [0.1, 0.15) is 0 Å². The van der Waals surface area contributed by atoms with E-state index in [0.717, 1.165) is 11.1 Å². The minimum absolute atomic E-state index is 0.196. The zero-order valence-corrected chi connectivity index (χ0v) is 8.62. The number of allylic oxidation sites excluding steroid dienone is 4. The Morgan fingerprint density at radius 2 is 2.06 bits per heavy atom. The molecule has 17 heavy (non-hydrogen) atoms. The van der Waals surface area contributed by atoms with E-state index in [2.05, 4.69) is 0 Å². The predicted molar refractivity (Wildman–Crippen MR) is 55.0 cm³/mol. The molecule has 0 amide bonds. The van der Waals surface area contributed by atoms with Crippen LogP contribution in [0.5, 0.6) is 0 Å². The average Bonchev–Trinajstić information content (AvgIpc) is 2.59. The molecule has 0 saturated carbocycles. The van der Waals surface area contributed by atoms with Crippen LogP contribution in [0.15, 0.2) is 59.5 Å². The zero-order chi connectivity index (χ0) is 11.5. The van der Waals surface area contributed by atoms with Crippen LogP contribution in [0.25, 0.3) is 0 Å². The van der Waals surface area contributed by atoms with Crippen molar-refractivity contribution in [3.63, 3.8) is 0 Å². The van der Waals surface area contributed by atoms with Crippen molar-refractivity contribution in [2.45, 2.75) is 11.9 Å². The van der Waals surface area contributed by atoms with Crippen LogP contribution in [0.4, 0.5) is 0 Å². The van der Waals surface area contributed by atoms with Crippen LogP contribution in [0.3, 0.4) is 0 Å². The molecule has 2 atom stereocenters. The molecule has 4 heterocycles. The maximum Gasteiger partial charge on any atom is 0.320 e. The number of aliphatic hydroxyl groups is 1. The number of fused-ring (bicyclic) bond motifs is 2. The Morgan fingerprint density at radius 3 is 3.00 bits per heavy atom. The van der Waals surface area contributed by atoms with Crippen molar-refractivity contribution >= 4 is 0 Å². The minimum atomic E-state index is -0.961. The number of aliphatic hydroxyl groups excluding tert-OH is 1. The van der Waals surface area contributed by atoms with Crippen LogP contribution in [0, 0.1) is 0 Å². The van der Waals surface area contributed by atoms with Gasteiger partial charge in [-0.25, -0.2) is 0 Å². The smallest absolute Gasteiger partial charge is 0.320 e. The summed E-state index contributed by atoms with van der Waals surface area (Å²) in [5, 5.41) is 9.54. The molecule has 5 rings (SSSR count). The summed E-state index contributed by atoms with van der Waals surface area (Å²) >= 11 is 0. The number of hydrogen-bond acceptors (Lipinski definition) is 5. The Labute approximate surface area is 96.5 Å². The van der Waals surface area contributed by atoms with Crippen LogP contribution in [0.2, 0.25) is 0 Å². The van der Waals surface area contributed by atoms with E-state index < -0.39 is 11.9 Å². The molecule has 5 heteroatoms. The van der Waals surface area contributed by atoms with E-state index in [4.69, 9.17) is 19.2 Å². The van der Waals surface area contributed by atoms with Crippen LogP contribution in [-0.2, 0) is 19.2 Å². The lowest BCUT2D eigenvalue weighted by molar-refractivity contribution is -0.428. The molecule has 0 aromatic rings. The molecule has 1 spiro atoms. The topological polar surface area (TPSA) is 57.2 Å². The summed E-state index contributed by atoms with van der Waals surface area (Å²) in [5.74, 6) is 0.0169. The highest BCUT2D eigenvalue weighted by atomic mass is 17.2. The predicted octanol–water partition coefficient (Wildman–Crippen LogP) is 1.74. The lowest BCUT2D eigenvalue weighted by Gasteiger charge is -2.44. The fourth-order valence-electron chi connectivity index (χ4n) is 2.34. The lowest BCUT2D eigenvalue weighted by atomic mass is 9.80. The van der Waals surface area contributed by atoms with E-state index in [1.54, 1.807) is 6.08 Å². The summed E-state index contributed by atoms with van der Waals surface area (Å²) in [5.41, 5.74) is 0.628. The first kappa shape index (κ1) is 8.95. The number of ether oxygens (including phenoxy) is 2. The summed E-state index contributed by atoms with van der Waals surface area (Å²) in [6, 6.07) is 0. The summed E-state index contributed by atoms with van der Waals surface area (Å²) in [7, 11) is 0. The first-order valence-corrected chi connectivity index (χ1v) is 5.20. The van der Waals surface area contributed by atoms with Gasteiger partial charge in [0.2, 0.25) is 5.60 Å². The molecule has 2 unspecified atom stereocenters. The number of hydrogen-bond donors (Lipinski definition) is 1. The van der Waals surface area contributed by atoms with Crippen LogP contribution >= 0.6 is 0 Å². The molecule has 0 aromatic heterocycles. The van der Waals surface area contributed by atoms with E-state index in [9.17, 15) is 5.11 Å². The summed E-state index contributed by atoms with van der Waals surface area (Å²) < 4.78 is 10.7. The summed E-state index contributed by atoms with van der Waals surface area (Å²) in [6.07, 6.45) is 9.83. The molecular formula is C12H8O5. The molecule has 4 aliphatic heterocycles. The SMILES string of the molecule is OC1=CC2=CC=CC3=CC=C4OOC32C(O1)O4. The van der Waals surface area contributed by atoms with Gasteiger partial charge in [0.1, 0.15) is 0 Å². The van der Waals surface area contributed by atoms with Gasteiger partial charge in [0.15, 0.2) is 0 Å². The van der Waals surface area contributed by atoms with E-state index in [-0.39, 0.29) is 11.9 Å². The van der Waals surface area contributed by atoms with Gasteiger partial charge < -0.3 is 14.6 Å². The fraction of sp³-hybridized carbons (Fsp3) is 0.167. The normalized spacial score (nSPS) is 36.1. The summed E-state index contributed by atoms with van der Waals surface area (Å²) in [6.45, 7) is 0. The Kier molecular flexibility index (Phi) is 1.45. The van der Waals surface area contributed by atoms with Gasteiger partial charge in [0.25, 0.3) is 12.2 Å². The molecule has 86 valence electrons. The van der Waals surface area contributed by atoms with Gasteiger partial charge in [-0.15, -0.1) is 0 Å². The van der Waals surface area contributed by atoms with Crippen LogP contribution in [-0.4, -0.2) is 17.0 Å². The lowest BCUT2D eigenvalue weighted by Crippen LogP contribution is -2.54. The van der Waals surface area contributed by atoms with Crippen molar-refractivity contribution in [1.82, 2.24) is 0 Å². The molecule has 2 bridgehead atoms. The zero-order valence-electron chi connectivity index (χ0n) is 8.62. The van der Waals surface area contributed by atoms with Gasteiger partial charge >= 0.3 is 5.95 Å². The van der Waals surface area contributed by atoms with Crippen molar-refractivity contribution in [3.8, 4) is 0 Å². The first-order valence-electron chi connectivity index (χ1n) is 5.20. The van der Waals surface area contributed by atoms with Crippen molar-refractivity contribution in [1.29, 1.82) is 0 Å². The van der Waals surface area contributed by atoms with Gasteiger partial charge in [-0.05, 0) is 6.08 Å². The van der Waals surface area contributed by atoms with Crippen molar-refractivity contribution < 1.29 is 24.4 Å². The molecule has 1 saturated heterocycles.